The predicted octanol–water partition coefficient (Wildman–Crippen LogP) is 0.857. The van der Waals surface area contributed by atoms with Crippen molar-refractivity contribution in [1.82, 2.24) is 4.90 Å². The maximum Gasteiger partial charge on any atom is 0.307 e. The molecule has 1 N–H and O–H groups in total. The molecule has 74 valence electrons. The zero-order chi connectivity index (χ0) is 9.84. The topological polar surface area (TPSA) is 49.8 Å². The van der Waals surface area contributed by atoms with Gasteiger partial charge in [0.25, 0.3) is 5.17 Å². The van der Waals surface area contributed by atoms with Crippen LogP contribution in [0.1, 0.15) is 19.8 Å². The molecule has 1 aliphatic rings. The van der Waals surface area contributed by atoms with Gasteiger partial charge >= 0.3 is 5.97 Å². The second-order valence-electron chi connectivity index (χ2n) is 2.97. The van der Waals surface area contributed by atoms with Crippen molar-refractivity contribution in [1.29, 1.82) is 0 Å². The molecule has 13 heavy (non-hydrogen) atoms. The van der Waals surface area contributed by atoms with Crippen LogP contribution in [-0.2, 0) is 9.53 Å². The molecule has 1 fully saturated rings. The minimum atomic E-state index is -0.835. The Morgan fingerprint density at radius 2 is 2.54 bits per heavy atom. The van der Waals surface area contributed by atoms with E-state index in [1.54, 1.807) is 0 Å². The fourth-order valence-electron chi connectivity index (χ4n) is 1.29. The summed E-state index contributed by atoms with van der Waals surface area (Å²) in [6, 6.07) is 0. The SMILES string of the molecule is CCN1CCC(CC(=O)O)OC1=S. The molecule has 1 heterocycles. The monoisotopic (exact) mass is 203 g/mol. The van der Waals surface area contributed by atoms with E-state index in [0.29, 0.717) is 5.17 Å². The van der Waals surface area contributed by atoms with E-state index in [9.17, 15) is 4.79 Å². The number of nitrogens with zero attached hydrogens (tertiary/aromatic N) is 1. The van der Waals surface area contributed by atoms with Gasteiger partial charge in [-0.25, -0.2) is 0 Å². The number of rotatable bonds is 3. The Hall–Kier alpha value is -0.840. The highest BCUT2D eigenvalue weighted by molar-refractivity contribution is 7.80. The number of hydrogen-bond donors (Lipinski definition) is 1. The molecule has 0 aromatic carbocycles. The van der Waals surface area contributed by atoms with E-state index < -0.39 is 5.97 Å². The van der Waals surface area contributed by atoms with Crippen LogP contribution < -0.4 is 0 Å². The average molecular weight is 203 g/mol. The maximum atomic E-state index is 10.4. The highest BCUT2D eigenvalue weighted by atomic mass is 32.1. The molecular weight excluding hydrogens is 190 g/mol. The molecule has 0 bridgehead atoms. The summed E-state index contributed by atoms with van der Waals surface area (Å²) in [5.41, 5.74) is 0. The lowest BCUT2D eigenvalue weighted by Crippen LogP contribution is -2.42. The molecule has 0 aliphatic carbocycles. The molecule has 0 saturated carbocycles. The Morgan fingerprint density at radius 3 is 3.00 bits per heavy atom. The van der Waals surface area contributed by atoms with Crippen LogP contribution in [0.3, 0.4) is 0 Å². The Morgan fingerprint density at radius 1 is 1.85 bits per heavy atom. The molecular formula is C8H13NO3S. The van der Waals surface area contributed by atoms with Crippen molar-refractivity contribution in [3.63, 3.8) is 0 Å². The maximum absolute atomic E-state index is 10.4. The van der Waals surface area contributed by atoms with Gasteiger partial charge < -0.3 is 14.7 Å². The molecule has 1 aliphatic heterocycles. The molecule has 0 spiro atoms. The first-order chi connectivity index (χ1) is 6.13. The van der Waals surface area contributed by atoms with Gasteiger partial charge in [0, 0.05) is 19.5 Å². The van der Waals surface area contributed by atoms with Gasteiger partial charge in [-0.05, 0) is 19.1 Å². The van der Waals surface area contributed by atoms with Crippen molar-refractivity contribution in [2.75, 3.05) is 13.1 Å². The third-order valence-corrected chi connectivity index (χ3v) is 2.39. The van der Waals surface area contributed by atoms with Gasteiger partial charge in [0.1, 0.15) is 6.10 Å². The quantitative estimate of drug-likeness (QED) is 0.689. The van der Waals surface area contributed by atoms with E-state index in [0.717, 1.165) is 19.5 Å². The number of carboxylic acid groups (broad SMARTS) is 1. The van der Waals surface area contributed by atoms with Crippen LogP contribution in [-0.4, -0.2) is 40.3 Å². The number of carbonyl (C=O) groups is 1. The largest absolute Gasteiger partial charge is 0.481 e. The van der Waals surface area contributed by atoms with Gasteiger partial charge in [0.05, 0.1) is 6.42 Å². The molecule has 1 saturated heterocycles. The second kappa shape index (κ2) is 4.41. The van der Waals surface area contributed by atoms with Crippen LogP contribution in [0.2, 0.25) is 0 Å². The van der Waals surface area contributed by atoms with Crippen molar-refractivity contribution < 1.29 is 14.6 Å². The van der Waals surface area contributed by atoms with E-state index in [1.807, 2.05) is 11.8 Å². The van der Waals surface area contributed by atoms with E-state index in [-0.39, 0.29) is 12.5 Å². The Balaban J connectivity index is 2.41. The summed E-state index contributed by atoms with van der Waals surface area (Å²) >= 11 is 4.97. The molecule has 0 amide bonds. The zero-order valence-corrected chi connectivity index (χ0v) is 8.34. The molecule has 0 radical (unpaired) electrons. The molecule has 1 unspecified atom stereocenters. The fraction of sp³-hybridized carbons (Fsp3) is 0.750. The molecule has 1 atom stereocenters. The highest BCUT2D eigenvalue weighted by Gasteiger charge is 2.24. The highest BCUT2D eigenvalue weighted by Crippen LogP contribution is 2.14. The van der Waals surface area contributed by atoms with E-state index in [2.05, 4.69) is 0 Å². The first kappa shape index (κ1) is 10.2. The number of carboxylic acids is 1. The summed E-state index contributed by atoms with van der Waals surface area (Å²) < 4.78 is 5.28. The Labute approximate surface area is 82.5 Å². The number of thiocarbonyl (C=S) groups is 1. The fourth-order valence-corrected chi connectivity index (χ4v) is 1.65. The third-order valence-electron chi connectivity index (χ3n) is 2.03. The first-order valence-electron chi connectivity index (χ1n) is 4.30. The van der Waals surface area contributed by atoms with Gasteiger partial charge in [-0.15, -0.1) is 0 Å². The molecule has 0 aromatic rings. The summed E-state index contributed by atoms with van der Waals surface area (Å²) in [5, 5.41) is 8.97. The minimum absolute atomic E-state index is 0.0394. The van der Waals surface area contributed by atoms with Crippen molar-refractivity contribution in [3.05, 3.63) is 0 Å². The predicted molar refractivity (Wildman–Crippen MR) is 51.6 cm³/mol. The number of aliphatic carboxylic acids is 1. The first-order valence-corrected chi connectivity index (χ1v) is 4.71. The smallest absolute Gasteiger partial charge is 0.307 e. The van der Waals surface area contributed by atoms with Crippen LogP contribution in [0.25, 0.3) is 0 Å². The average Bonchev–Trinajstić information content (AvgIpc) is 2.03. The molecule has 5 heteroatoms. The normalized spacial score (nSPS) is 22.7. The van der Waals surface area contributed by atoms with Crippen molar-refractivity contribution in [2.45, 2.75) is 25.9 Å². The Kier molecular flexibility index (Phi) is 3.48. The zero-order valence-electron chi connectivity index (χ0n) is 7.52. The minimum Gasteiger partial charge on any atom is -0.481 e. The second-order valence-corrected chi connectivity index (χ2v) is 3.32. The van der Waals surface area contributed by atoms with Crippen molar-refractivity contribution in [3.8, 4) is 0 Å². The van der Waals surface area contributed by atoms with Crippen LogP contribution >= 0.6 is 12.2 Å². The van der Waals surface area contributed by atoms with E-state index in [1.165, 1.54) is 0 Å². The van der Waals surface area contributed by atoms with Crippen LogP contribution in [0.5, 0.6) is 0 Å². The summed E-state index contributed by atoms with van der Waals surface area (Å²) in [6.07, 6.45) is 0.533. The lowest BCUT2D eigenvalue weighted by molar-refractivity contribution is -0.139. The van der Waals surface area contributed by atoms with Crippen molar-refractivity contribution >= 4 is 23.4 Å². The lowest BCUT2D eigenvalue weighted by atomic mass is 10.1. The van der Waals surface area contributed by atoms with Crippen LogP contribution in [0, 0.1) is 0 Å². The lowest BCUT2D eigenvalue weighted by Gasteiger charge is -2.32. The standard InChI is InChI=1S/C8H13NO3S/c1-2-9-4-3-6(5-7(10)11)12-8(9)13/h6H,2-5H2,1H3,(H,10,11). The van der Waals surface area contributed by atoms with Gasteiger partial charge in [-0.2, -0.15) is 0 Å². The Bertz CT molecular complexity index is 219. The van der Waals surface area contributed by atoms with Gasteiger partial charge in [0.15, 0.2) is 0 Å². The summed E-state index contributed by atoms with van der Waals surface area (Å²) in [7, 11) is 0. The van der Waals surface area contributed by atoms with E-state index >= 15 is 0 Å². The van der Waals surface area contributed by atoms with Crippen LogP contribution in [0.15, 0.2) is 0 Å². The molecule has 0 aromatic heterocycles. The van der Waals surface area contributed by atoms with Gasteiger partial charge in [-0.3, -0.25) is 4.79 Å². The van der Waals surface area contributed by atoms with E-state index in [4.69, 9.17) is 22.1 Å². The van der Waals surface area contributed by atoms with Crippen LogP contribution in [0.4, 0.5) is 0 Å². The summed E-state index contributed by atoms with van der Waals surface area (Å²) in [5.74, 6) is -0.835. The van der Waals surface area contributed by atoms with Gasteiger partial charge in [0.2, 0.25) is 0 Å². The molecule has 4 nitrogen and oxygen atoms in total. The summed E-state index contributed by atoms with van der Waals surface area (Å²) in [6.45, 7) is 3.61. The third kappa shape index (κ3) is 2.84. The summed E-state index contributed by atoms with van der Waals surface area (Å²) in [4.78, 5) is 12.3. The van der Waals surface area contributed by atoms with Crippen molar-refractivity contribution in [2.24, 2.45) is 0 Å². The number of hydrogen-bond acceptors (Lipinski definition) is 3. The number of ether oxygens (including phenoxy) is 1. The van der Waals surface area contributed by atoms with Gasteiger partial charge in [-0.1, -0.05) is 0 Å². The molecule has 1 rings (SSSR count).